The Morgan fingerprint density at radius 2 is 2.19 bits per heavy atom. The Bertz CT molecular complexity index is 334. The van der Waals surface area contributed by atoms with E-state index in [-0.39, 0.29) is 0 Å². The Balaban J connectivity index is 2.01. The zero-order valence-electron chi connectivity index (χ0n) is 10.5. The van der Waals surface area contributed by atoms with E-state index in [0.29, 0.717) is 6.04 Å². The van der Waals surface area contributed by atoms with Gasteiger partial charge in [0.1, 0.15) is 6.33 Å². The molecule has 1 heterocycles. The zero-order chi connectivity index (χ0) is 11.5. The SMILES string of the molecule is CNCc1ncn(C2CCC(C)C(C)C2)n1. The van der Waals surface area contributed by atoms with Crippen molar-refractivity contribution in [3.63, 3.8) is 0 Å². The molecule has 2 rings (SSSR count). The molecule has 3 unspecified atom stereocenters. The van der Waals surface area contributed by atoms with E-state index in [0.717, 1.165) is 24.2 Å². The zero-order valence-corrected chi connectivity index (χ0v) is 10.5. The molecule has 1 fully saturated rings. The van der Waals surface area contributed by atoms with Crippen molar-refractivity contribution in [3.05, 3.63) is 12.2 Å². The van der Waals surface area contributed by atoms with Gasteiger partial charge in [-0.25, -0.2) is 9.67 Å². The molecule has 0 aliphatic heterocycles. The first-order valence-electron chi connectivity index (χ1n) is 6.25. The van der Waals surface area contributed by atoms with Gasteiger partial charge in [-0.1, -0.05) is 13.8 Å². The van der Waals surface area contributed by atoms with Crippen LogP contribution in [0, 0.1) is 11.8 Å². The third kappa shape index (κ3) is 2.43. The number of aromatic nitrogens is 3. The number of hydrogen-bond donors (Lipinski definition) is 1. The van der Waals surface area contributed by atoms with Crippen LogP contribution >= 0.6 is 0 Å². The third-order valence-corrected chi connectivity index (χ3v) is 3.84. The lowest BCUT2D eigenvalue weighted by Gasteiger charge is -2.31. The average Bonchev–Trinajstić information content (AvgIpc) is 2.71. The molecule has 16 heavy (non-hydrogen) atoms. The molecule has 4 nitrogen and oxygen atoms in total. The maximum Gasteiger partial charge on any atom is 0.164 e. The van der Waals surface area contributed by atoms with Crippen molar-refractivity contribution in [1.29, 1.82) is 0 Å². The predicted molar refractivity (Wildman–Crippen MR) is 64.0 cm³/mol. The topological polar surface area (TPSA) is 42.7 Å². The number of hydrogen-bond acceptors (Lipinski definition) is 3. The van der Waals surface area contributed by atoms with Crippen molar-refractivity contribution in [2.75, 3.05) is 7.05 Å². The van der Waals surface area contributed by atoms with E-state index in [1.807, 2.05) is 13.4 Å². The van der Waals surface area contributed by atoms with Gasteiger partial charge in [0.25, 0.3) is 0 Å². The van der Waals surface area contributed by atoms with Gasteiger partial charge in [0.05, 0.1) is 12.6 Å². The van der Waals surface area contributed by atoms with Gasteiger partial charge in [-0.2, -0.15) is 5.10 Å². The Labute approximate surface area is 97.5 Å². The summed E-state index contributed by atoms with van der Waals surface area (Å²) >= 11 is 0. The van der Waals surface area contributed by atoms with Crippen LogP contribution in [0.15, 0.2) is 6.33 Å². The highest BCUT2D eigenvalue weighted by atomic mass is 15.3. The summed E-state index contributed by atoms with van der Waals surface area (Å²) in [5.41, 5.74) is 0. The van der Waals surface area contributed by atoms with Crippen LogP contribution in [0.3, 0.4) is 0 Å². The molecule has 1 N–H and O–H groups in total. The standard InChI is InChI=1S/C12H22N4/c1-9-4-5-11(6-10(9)2)16-8-14-12(15-16)7-13-3/h8-11,13H,4-7H2,1-3H3. The summed E-state index contributed by atoms with van der Waals surface area (Å²) in [6, 6.07) is 0.560. The van der Waals surface area contributed by atoms with E-state index >= 15 is 0 Å². The minimum absolute atomic E-state index is 0.560. The minimum Gasteiger partial charge on any atom is -0.313 e. The fourth-order valence-corrected chi connectivity index (χ4v) is 2.49. The maximum atomic E-state index is 4.53. The van der Waals surface area contributed by atoms with Crippen molar-refractivity contribution in [2.24, 2.45) is 11.8 Å². The molecule has 1 aliphatic rings. The third-order valence-electron chi connectivity index (χ3n) is 3.84. The average molecular weight is 222 g/mol. The largest absolute Gasteiger partial charge is 0.313 e. The van der Waals surface area contributed by atoms with Gasteiger partial charge in [-0.15, -0.1) is 0 Å². The van der Waals surface area contributed by atoms with Gasteiger partial charge in [0.15, 0.2) is 5.82 Å². The van der Waals surface area contributed by atoms with Crippen molar-refractivity contribution in [1.82, 2.24) is 20.1 Å². The van der Waals surface area contributed by atoms with Crippen molar-refractivity contribution >= 4 is 0 Å². The van der Waals surface area contributed by atoms with Crippen LogP contribution in [0.1, 0.15) is 45.0 Å². The van der Waals surface area contributed by atoms with E-state index in [4.69, 9.17) is 0 Å². The van der Waals surface area contributed by atoms with Crippen LogP contribution in [-0.4, -0.2) is 21.8 Å². The molecule has 1 aromatic heterocycles. The normalized spacial score (nSPS) is 30.6. The fourth-order valence-electron chi connectivity index (χ4n) is 2.49. The Kier molecular flexibility index (Phi) is 3.59. The fraction of sp³-hybridized carbons (Fsp3) is 0.833. The molecular formula is C12H22N4. The maximum absolute atomic E-state index is 4.53. The molecule has 0 bridgehead atoms. The van der Waals surface area contributed by atoms with Crippen molar-refractivity contribution in [2.45, 2.75) is 45.7 Å². The van der Waals surface area contributed by atoms with E-state index in [9.17, 15) is 0 Å². The van der Waals surface area contributed by atoms with Gasteiger partial charge in [0.2, 0.25) is 0 Å². The Morgan fingerprint density at radius 3 is 2.88 bits per heavy atom. The van der Waals surface area contributed by atoms with Crippen LogP contribution in [0.2, 0.25) is 0 Å². The molecule has 1 aromatic rings. The molecule has 1 aliphatic carbocycles. The van der Waals surface area contributed by atoms with E-state index in [1.54, 1.807) is 0 Å². The summed E-state index contributed by atoms with van der Waals surface area (Å²) in [7, 11) is 1.92. The Morgan fingerprint density at radius 1 is 1.38 bits per heavy atom. The van der Waals surface area contributed by atoms with Crippen LogP contribution in [0.5, 0.6) is 0 Å². The van der Waals surface area contributed by atoms with Crippen molar-refractivity contribution in [3.8, 4) is 0 Å². The molecule has 1 saturated carbocycles. The van der Waals surface area contributed by atoms with Crippen LogP contribution in [-0.2, 0) is 6.54 Å². The number of nitrogens with zero attached hydrogens (tertiary/aromatic N) is 3. The van der Waals surface area contributed by atoms with Crippen LogP contribution in [0.25, 0.3) is 0 Å². The van der Waals surface area contributed by atoms with E-state index in [2.05, 4.69) is 33.9 Å². The molecule has 0 spiro atoms. The second kappa shape index (κ2) is 4.95. The molecule has 0 aromatic carbocycles. The molecule has 0 saturated heterocycles. The Hall–Kier alpha value is -0.900. The molecule has 4 heteroatoms. The highest BCUT2D eigenvalue weighted by molar-refractivity contribution is 4.85. The van der Waals surface area contributed by atoms with Crippen molar-refractivity contribution < 1.29 is 0 Å². The highest BCUT2D eigenvalue weighted by Gasteiger charge is 2.26. The molecule has 0 amide bonds. The summed E-state index contributed by atoms with van der Waals surface area (Å²) in [4.78, 5) is 4.31. The minimum atomic E-state index is 0.560. The summed E-state index contributed by atoms with van der Waals surface area (Å²) < 4.78 is 2.06. The summed E-state index contributed by atoms with van der Waals surface area (Å²) in [6.07, 6.45) is 5.69. The molecular weight excluding hydrogens is 200 g/mol. The summed E-state index contributed by atoms with van der Waals surface area (Å²) in [6.45, 7) is 5.46. The molecule has 90 valence electrons. The van der Waals surface area contributed by atoms with Gasteiger partial charge in [0, 0.05) is 0 Å². The van der Waals surface area contributed by atoms with E-state index in [1.165, 1.54) is 19.3 Å². The van der Waals surface area contributed by atoms with Gasteiger partial charge in [-0.3, -0.25) is 0 Å². The summed E-state index contributed by atoms with van der Waals surface area (Å²) in [5.74, 6) is 2.56. The smallest absolute Gasteiger partial charge is 0.164 e. The first-order valence-corrected chi connectivity index (χ1v) is 6.25. The lowest BCUT2D eigenvalue weighted by molar-refractivity contribution is 0.200. The first-order chi connectivity index (χ1) is 7.70. The van der Waals surface area contributed by atoms with Crippen LogP contribution < -0.4 is 5.32 Å². The van der Waals surface area contributed by atoms with Gasteiger partial charge < -0.3 is 5.32 Å². The molecule has 0 radical (unpaired) electrons. The second-order valence-corrected chi connectivity index (χ2v) is 5.09. The number of nitrogens with one attached hydrogen (secondary N) is 1. The monoisotopic (exact) mass is 222 g/mol. The highest BCUT2D eigenvalue weighted by Crippen LogP contribution is 2.35. The first kappa shape index (κ1) is 11.6. The van der Waals surface area contributed by atoms with Gasteiger partial charge in [-0.05, 0) is 38.1 Å². The predicted octanol–water partition coefficient (Wildman–Crippen LogP) is 1.99. The van der Waals surface area contributed by atoms with E-state index < -0.39 is 0 Å². The lowest BCUT2D eigenvalue weighted by atomic mass is 9.79. The van der Waals surface area contributed by atoms with Crippen LogP contribution in [0.4, 0.5) is 0 Å². The molecule has 3 atom stereocenters. The quantitative estimate of drug-likeness (QED) is 0.850. The summed E-state index contributed by atoms with van der Waals surface area (Å²) in [5, 5.41) is 7.60. The second-order valence-electron chi connectivity index (χ2n) is 5.09. The number of rotatable bonds is 3. The van der Waals surface area contributed by atoms with Gasteiger partial charge >= 0.3 is 0 Å². The lowest BCUT2D eigenvalue weighted by Crippen LogP contribution is -2.23.